The van der Waals surface area contributed by atoms with Crippen LogP contribution in [0.3, 0.4) is 0 Å². The van der Waals surface area contributed by atoms with Crippen LogP contribution in [0.25, 0.3) is 0 Å². The maximum absolute atomic E-state index is 6.83. The van der Waals surface area contributed by atoms with E-state index in [0.717, 1.165) is 0 Å². The van der Waals surface area contributed by atoms with Gasteiger partial charge in [-0.3, -0.25) is 0 Å². The first-order valence-corrected chi connectivity index (χ1v) is 12.2. The molecular formula is C14H30ClNO4P2. The van der Waals surface area contributed by atoms with Gasteiger partial charge in [-0.25, -0.2) is 0 Å². The zero-order valence-electron chi connectivity index (χ0n) is 14.4. The number of alkyl halides is 1. The van der Waals surface area contributed by atoms with Crippen LogP contribution in [0.5, 0.6) is 0 Å². The summed E-state index contributed by atoms with van der Waals surface area (Å²) in [5, 5.41) is 0. The summed E-state index contributed by atoms with van der Waals surface area (Å²) >= 11 is 6.83. The van der Waals surface area contributed by atoms with Crippen LogP contribution < -0.4 is 0 Å². The molecule has 0 aromatic heterocycles. The Morgan fingerprint density at radius 2 is 1.18 bits per heavy atom. The molecule has 0 amide bonds. The SMILES string of the molecule is CC(C)N1[PH]2(OCC(C)(C)CO2)C(Cl)[PH]12OCC(C)(C)CO2. The van der Waals surface area contributed by atoms with Crippen molar-refractivity contribution in [3.8, 4) is 0 Å². The number of hydrogen-bond donors (Lipinski definition) is 0. The van der Waals surface area contributed by atoms with Gasteiger partial charge in [0.1, 0.15) is 0 Å². The van der Waals surface area contributed by atoms with Gasteiger partial charge in [0, 0.05) is 0 Å². The van der Waals surface area contributed by atoms with Gasteiger partial charge in [0.25, 0.3) is 0 Å². The summed E-state index contributed by atoms with van der Waals surface area (Å²) in [5.74, 6) is 0. The summed E-state index contributed by atoms with van der Waals surface area (Å²) in [4.78, 5) is -0.241. The van der Waals surface area contributed by atoms with Crippen molar-refractivity contribution in [2.45, 2.75) is 52.4 Å². The molecule has 3 saturated heterocycles. The normalized spacial score (nSPS) is 38.6. The van der Waals surface area contributed by atoms with Crippen LogP contribution in [0, 0.1) is 10.8 Å². The Labute approximate surface area is 140 Å². The summed E-state index contributed by atoms with van der Waals surface area (Å²) in [5.41, 5.74) is 0.0795. The molecule has 3 aliphatic rings. The van der Waals surface area contributed by atoms with Crippen molar-refractivity contribution < 1.29 is 18.1 Å². The maximum atomic E-state index is 6.83. The Bertz CT molecular complexity index is 404. The topological polar surface area (TPSA) is 40.2 Å². The van der Waals surface area contributed by atoms with Crippen LogP contribution in [-0.2, 0) is 18.1 Å². The van der Waals surface area contributed by atoms with Crippen LogP contribution in [0.15, 0.2) is 0 Å². The third-order valence-electron chi connectivity index (χ3n) is 4.51. The Kier molecular flexibility index (Phi) is 4.42. The van der Waals surface area contributed by atoms with Crippen molar-refractivity contribution in [1.29, 1.82) is 0 Å². The second-order valence-electron chi connectivity index (χ2n) is 8.57. The molecule has 0 unspecified atom stereocenters. The minimum atomic E-state index is -2.61. The fraction of sp³-hybridized carbons (Fsp3) is 1.00. The summed E-state index contributed by atoms with van der Waals surface area (Å²) in [6.45, 7) is 15.6. The molecule has 0 N–H and O–H groups in total. The molecule has 0 saturated carbocycles. The van der Waals surface area contributed by atoms with E-state index in [1.54, 1.807) is 0 Å². The molecule has 3 fully saturated rings. The summed E-state index contributed by atoms with van der Waals surface area (Å²) in [7, 11) is -5.22. The fourth-order valence-electron chi connectivity index (χ4n) is 3.28. The zero-order chi connectivity index (χ0) is 16.4. The van der Waals surface area contributed by atoms with E-state index < -0.39 is 15.7 Å². The molecule has 0 radical (unpaired) electrons. The van der Waals surface area contributed by atoms with Crippen molar-refractivity contribution in [3.63, 3.8) is 0 Å². The fourth-order valence-corrected chi connectivity index (χ4v) is 16.8. The monoisotopic (exact) mass is 373 g/mol. The van der Waals surface area contributed by atoms with Crippen LogP contribution in [0.4, 0.5) is 0 Å². The van der Waals surface area contributed by atoms with Gasteiger partial charge in [-0.2, -0.15) is 0 Å². The molecule has 0 aromatic rings. The second-order valence-corrected chi connectivity index (χ2v) is 16.6. The number of nitrogens with zero attached hydrogens (tertiary/aromatic N) is 1. The molecule has 0 bridgehead atoms. The van der Waals surface area contributed by atoms with Gasteiger partial charge in [0.2, 0.25) is 0 Å². The first-order valence-electron chi connectivity index (χ1n) is 8.04. The molecule has 0 aliphatic carbocycles. The molecule has 5 nitrogen and oxygen atoms in total. The predicted octanol–water partition coefficient (Wildman–Crippen LogP) is 4.37. The second kappa shape index (κ2) is 5.47. The number of hydrogen-bond acceptors (Lipinski definition) is 5. The average Bonchev–Trinajstić information content (AvgIpc) is 2.41. The van der Waals surface area contributed by atoms with E-state index in [2.05, 4.69) is 46.0 Å². The molecule has 0 aromatic carbocycles. The minimum absolute atomic E-state index is 0.0398. The van der Waals surface area contributed by atoms with Gasteiger partial charge in [-0.1, -0.05) is 0 Å². The average molecular weight is 374 g/mol. The van der Waals surface area contributed by atoms with Gasteiger partial charge < -0.3 is 0 Å². The van der Waals surface area contributed by atoms with Crippen LogP contribution in [0.2, 0.25) is 0 Å². The first kappa shape index (κ1) is 17.8. The molecule has 8 heteroatoms. The molecule has 3 aliphatic heterocycles. The van der Waals surface area contributed by atoms with E-state index in [1.807, 2.05) is 0 Å². The van der Waals surface area contributed by atoms with Crippen LogP contribution >= 0.6 is 27.3 Å². The Hall–Kier alpha value is 0.950. The summed E-state index contributed by atoms with van der Waals surface area (Å²) in [6, 6.07) is 0.246. The van der Waals surface area contributed by atoms with Crippen LogP contribution in [0.1, 0.15) is 41.5 Å². The molecule has 3 rings (SSSR count). The molecule has 3 heterocycles. The molecule has 22 heavy (non-hydrogen) atoms. The van der Waals surface area contributed by atoms with E-state index in [0.29, 0.717) is 26.4 Å². The Balaban J connectivity index is 1.84. The Morgan fingerprint density at radius 3 is 1.45 bits per heavy atom. The van der Waals surface area contributed by atoms with E-state index >= 15 is 0 Å². The van der Waals surface area contributed by atoms with Crippen molar-refractivity contribution in [1.82, 2.24) is 4.44 Å². The van der Waals surface area contributed by atoms with Crippen molar-refractivity contribution in [2.24, 2.45) is 10.8 Å². The zero-order valence-corrected chi connectivity index (χ0v) is 17.2. The van der Waals surface area contributed by atoms with E-state index in [-0.39, 0.29) is 21.7 Å². The summed E-state index contributed by atoms with van der Waals surface area (Å²) in [6.07, 6.45) is 0. The summed E-state index contributed by atoms with van der Waals surface area (Å²) < 4.78 is 27.4. The standard InChI is InChI=1S/C14H30ClNO4P2/c1-11(2)16-21(17-7-13(3,4)8-18-21)12(15)22(16)19-9-14(5,6)10-20-22/h11-12,21-22H,7-10H2,1-6H3. The third kappa shape index (κ3) is 2.57. The van der Waals surface area contributed by atoms with Crippen LogP contribution in [-0.4, -0.2) is 41.8 Å². The molecule has 132 valence electrons. The van der Waals surface area contributed by atoms with E-state index in [4.69, 9.17) is 29.7 Å². The third-order valence-corrected chi connectivity index (χ3v) is 16.1. The first-order chi connectivity index (χ1) is 10.0. The molecule has 0 atom stereocenters. The van der Waals surface area contributed by atoms with E-state index in [1.165, 1.54) is 0 Å². The van der Waals surface area contributed by atoms with Crippen molar-refractivity contribution in [3.05, 3.63) is 0 Å². The van der Waals surface area contributed by atoms with Gasteiger partial charge in [-0.15, -0.1) is 0 Å². The van der Waals surface area contributed by atoms with Gasteiger partial charge >= 0.3 is 140 Å². The number of rotatable bonds is 1. The van der Waals surface area contributed by atoms with E-state index in [9.17, 15) is 0 Å². The van der Waals surface area contributed by atoms with Gasteiger partial charge in [0.05, 0.1) is 0 Å². The van der Waals surface area contributed by atoms with Gasteiger partial charge in [0.15, 0.2) is 0 Å². The van der Waals surface area contributed by atoms with Crippen molar-refractivity contribution >= 4 is 27.3 Å². The van der Waals surface area contributed by atoms with Crippen molar-refractivity contribution in [2.75, 3.05) is 26.4 Å². The molecular weight excluding hydrogens is 344 g/mol. The molecule has 2 spiro atoms. The Morgan fingerprint density at radius 1 is 0.864 bits per heavy atom. The quantitative estimate of drug-likeness (QED) is 0.504. The number of halogens is 1. The predicted molar refractivity (Wildman–Crippen MR) is 94.6 cm³/mol. The van der Waals surface area contributed by atoms with Gasteiger partial charge in [-0.05, 0) is 0 Å².